The van der Waals surface area contributed by atoms with E-state index in [0.717, 1.165) is 5.56 Å². The quantitative estimate of drug-likeness (QED) is 0.457. The number of carbonyl (C=O) groups is 1. The van der Waals surface area contributed by atoms with Crippen LogP contribution >= 0.6 is 11.8 Å². The summed E-state index contributed by atoms with van der Waals surface area (Å²) in [6, 6.07) is 18.6. The van der Waals surface area contributed by atoms with Crippen LogP contribution in [0.2, 0.25) is 0 Å². The molecule has 0 aliphatic heterocycles. The number of anilines is 1. The molecular formula is C21H19N5O3S. The van der Waals surface area contributed by atoms with Crippen molar-refractivity contribution >= 4 is 29.0 Å². The number of thioether (sulfide) groups is 1. The molecule has 0 fully saturated rings. The number of fused-ring (bicyclic) bond motifs is 1. The molecule has 0 saturated carbocycles. The summed E-state index contributed by atoms with van der Waals surface area (Å²) in [6.07, 6.45) is 0. The molecule has 4 aromatic rings. The van der Waals surface area contributed by atoms with Crippen molar-refractivity contribution in [2.24, 2.45) is 0 Å². The van der Waals surface area contributed by atoms with Gasteiger partial charge >= 0.3 is 0 Å². The molecule has 2 aromatic carbocycles. The highest BCUT2D eigenvalue weighted by Crippen LogP contribution is 2.29. The number of amides is 1. The summed E-state index contributed by atoms with van der Waals surface area (Å²) in [6.45, 7) is 0. The zero-order valence-corrected chi connectivity index (χ0v) is 17.2. The fraction of sp³-hybridized carbons (Fsp3) is 0.143. The molecular weight excluding hydrogens is 402 g/mol. The Labute approximate surface area is 177 Å². The summed E-state index contributed by atoms with van der Waals surface area (Å²) < 4.78 is 12.2. The van der Waals surface area contributed by atoms with Crippen molar-refractivity contribution < 1.29 is 14.3 Å². The molecule has 0 saturated heterocycles. The normalized spacial score (nSPS) is 10.7. The van der Waals surface area contributed by atoms with Crippen molar-refractivity contribution in [1.29, 1.82) is 0 Å². The van der Waals surface area contributed by atoms with Gasteiger partial charge in [-0.1, -0.05) is 42.1 Å². The molecule has 0 bridgehead atoms. The number of nitrogens with one attached hydrogen (secondary N) is 1. The van der Waals surface area contributed by atoms with Gasteiger partial charge in [-0.25, -0.2) is 0 Å². The lowest BCUT2D eigenvalue weighted by atomic mass is 10.2. The monoisotopic (exact) mass is 421 g/mol. The van der Waals surface area contributed by atoms with Gasteiger partial charge in [-0.2, -0.15) is 9.61 Å². The average molecular weight is 421 g/mol. The number of methoxy groups -OCH3 is 2. The Morgan fingerprint density at radius 2 is 1.87 bits per heavy atom. The second-order valence-corrected chi connectivity index (χ2v) is 7.23. The number of rotatable bonds is 7. The van der Waals surface area contributed by atoms with E-state index in [9.17, 15) is 4.79 Å². The molecule has 2 heterocycles. The van der Waals surface area contributed by atoms with Crippen LogP contribution in [0.15, 0.2) is 65.7 Å². The fourth-order valence-corrected chi connectivity index (χ4v) is 3.51. The molecule has 1 N–H and O–H groups in total. The first-order valence-corrected chi connectivity index (χ1v) is 10.1. The molecule has 30 heavy (non-hydrogen) atoms. The molecule has 9 heteroatoms. The number of nitrogens with zero attached hydrogens (tertiary/aromatic N) is 4. The van der Waals surface area contributed by atoms with Crippen LogP contribution in [0.4, 0.5) is 5.69 Å². The first-order chi connectivity index (χ1) is 14.7. The van der Waals surface area contributed by atoms with Gasteiger partial charge in [0.05, 0.1) is 25.7 Å². The molecule has 2 aromatic heterocycles. The predicted octanol–water partition coefficient (Wildman–Crippen LogP) is 3.54. The van der Waals surface area contributed by atoms with Crippen molar-refractivity contribution in [2.45, 2.75) is 5.03 Å². The maximum Gasteiger partial charge on any atom is 0.234 e. The van der Waals surface area contributed by atoms with Crippen LogP contribution in [0, 0.1) is 0 Å². The number of carbonyl (C=O) groups excluding carboxylic acids is 1. The topological polar surface area (TPSA) is 90.6 Å². The van der Waals surface area contributed by atoms with E-state index >= 15 is 0 Å². The standard InChI is InChI=1S/C21H19N5O3S/c1-28-15-8-9-17(29-2)16(12-15)22-19(27)13-30-20-11-10-18-23-24-21(26(18)25-20)14-6-4-3-5-7-14/h3-12H,13H2,1-2H3,(H,22,27). The van der Waals surface area contributed by atoms with E-state index in [1.54, 1.807) is 36.9 Å². The second kappa shape index (κ2) is 8.83. The molecule has 0 aliphatic carbocycles. The minimum atomic E-state index is -0.180. The van der Waals surface area contributed by atoms with Crippen molar-refractivity contribution in [3.8, 4) is 22.9 Å². The van der Waals surface area contributed by atoms with Crippen LogP contribution in [-0.4, -0.2) is 45.7 Å². The summed E-state index contributed by atoms with van der Waals surface area (Å²) in [5.41, 5.74) is 2.11. The van der Waals surface area contributed by atoms with Crippen LogP contribution < -0.4 is 14.8 Å². The van der Waals surface area contributed by atoms with Gasteiger partial charge < -0.3 is 14.8 Å². The minimum absolute atomic E-state index is 0.180. The Bertz CT molecular complexity index is 1180. The zero-order valence-electron chi connectivity index (χ0n) is 16.4. The van der Waals surface area contributed by atoms with Gasteiger partial charge in [-0.05, 0) is 24.3 Å². The average Bonchev–Trinajstić information content (AvgIpc) is 3.21. The lowest BCUT2D eigenvalue weighted by molar-refractivity contribution is -0.113. The number of benzene rings is 2. The van der Waals surface area contributed by atoms with E-state index in [1.807, 2.05) is 42.5 Å². The fourth-order valence-electron chi connectivity index (χ4n) is 2.85. The summed E-state index contributed by atoms with van der Waals surface area (Å²) in [5, 5.41) is 16.5. The molecule has 0 radical (unpaired) electrons. The van der Waals surface area contributed by atoms with Gasteiger partial charge in [0.25, 0.3) is 0 Å². The van der Waals surface area contributed by atoms with Crippen molar-refractivity contribution in [3.05, 3.63) is 60.7 Å². The number of aromatic nitrogens is 4. The molecule has 152 valence electrons. The highest BCUT2D eigenvalue weighted by Gasteiger charge is 2.12. The first kappa shape index (κ1) is 19.7. The maximum absolute atomic E-state index is 12.5. The van der Waals surface area contributed by atoms with Crippen LogP contribution in [0.3, 0.4) is 0 Å². The molecule has 0 unspecified atom stereocenters. The zero-order chi connectivity index (χ0) is 20.9. The van der Waals surface area contributed by atoms with Crippen LogP contribution in [0.5, 0.6) is 11.5 Å². The summed E-state index contributed by atoms with van der Waals surface area (Å²) in [5.74, 6) is 1.85. The SMILES string of the molecule is COc1ccc(OC)c(NC(=O)CSc2ccc3nnc(-c4ccccc4)n3n2)c1. The van der Waals surface area contributed by atoms with Gasteiger partial charge in [0, 0.05) is 11.6 Å². The predicted molar refractivity (Wildman–Crippen MR) is 115 cm³/mol. The number of ether oxygens (including phenoxy) is 2. The van der Waals surface area contributed by atoms with Gasteiger partial charge in [0.15, 0.2) is 11.5 Å². The van der Waals surface area contributed by atoms with Crippen LogP contribution in [0.25, 0.3) is 17.0 Å². The first-order valence-electron chi connectivity index (χ1n) is 9.10. The molecule has 8 nitrogen and oxygen atoms in total. The van der Waals surface area contributed by atoms with Crippen molar-refractivity contribution in [2.75, 3.05) is 25.3 Å². The molecule has 1 amide bonds. The molecule has 0 atom stereocenters. The second-order valence-electron chi connectivity index (χ2n) is 6.23. The van der Waals surface area contributed by atoms with Gasteiger partial charge in [0.1, 0.15) is 16.5 Å². The van der Waals surface area contributed by atoms with E-state index in [4.69, 9.17) is 9.47 Å². The third-order valence-corrected chi connectivity index (χ3v) is 5.22. The van der Waals surface area contributed by atoms with E-state index in [-0.39, 0.29) is 11.7 Å². The summed E-state index contributed by atoms with van der Waals surface area (Å²) >= 11 is 1.32. The Morgan fingerprint density at radius 1 is 1.03 bits per heavy atom. The van der Waals surface area contributed by atoms with E-state index < -0.39 is 0 Å². The number of hydrogen-bond acceptors (Lipinski definition) is 7. The lowest BCUT2D eigenvalue weighted by Gasteiger charge is -2.11. The highest BCUT2D eigenvalue weighted by molar-refractivity contribution is 7.99. The Balaban J connectivity index is 1.48. The Hall–Kier alpha value is -3.59. The van der Waals surface area contributed by atoms with Crippen LogP contribution in [-0.2, 0) is 4.79 Å². The Morgan fingerprint density at radius 3 is 2.63 bits per heavy atom. The number of hydrogen-bond donors (Lipinski definition) is 1. The maximum atomic E-state index is 12.5. The van der Waals surface area contributed by atoms with E-state index in [2.05, 4.69) is 20.6 Å². The van der Waals surface area contributed by atoms with Gasteiger partial charge in [-0.15, -0.1) is 10.2 Å². The molecule has 4 rings (SSSR count). The Kier molecular flexibility index (Phi) is 5.80. The lowest BCUT2D eigenvalue weighted by Crippen LogP contribution is -2.15. The van der Waals surface area contributed by atoms with Crippen LogP contribution in [0.1, 0.15) is 0 Å². The third-order valence-electron chi connectivity index (χ3n) is 4.30. The smallest absolute Gasteiger partial charge is 0.234 e. The highest BCUT2D eigenvalue weighted by atomic mass is 32.2. The van der Waals surface area contributed by atoms with E-state index in [1.165, 1.54) is 11.8 Å². The van der Waals surface area contributed by atoms with Gasteiger partial charge in [-0.3, -0.25) is 4.79 Å². The minimum Gasteiger partial charge on any atom is -0.497 e. The summed E-state index contributed by atoms with van der Waals surface area (Å²) in [7, 11) is 3.12. The molecule has 0 aliphatic rings. The van der Waals surface area contributed by atoms with Crippen molar-refractivity contribution in [1.82, 2.24) is 19.8 Å². The van der Waals surface area contributed by atoms with E-state index in [0.29, 0.717) is 33.7 Å². The third kappa shape index (κ3) is 4.20. The molecule has 0 spiro atoms. The van der Waals surface area contributed by atoms with Crippen molar-refractivity contribution in [3.63, 3.8) is 0 Å². The summed E-state index contributed by atoms with van der Waals surface area (Å²) in [4.78, 5) is 12.5. The van der Waals surface area contributed by atoms with Gasteiger partial charge in [0.2, 0.25) is 5.91 Å². The largest absolute Gasteiger partial charge is 0.497 e.